The van der Waals surface area contributed by atoms with Gasteiger partial charge in [0.15, 0.2) is 5.69 Å². The fraction of sp³-hybridized carbons (Fsp3) is 0.438. The average molecular weight is 305 g/mol. The maximum Gasteiger partial charge on any atom is 0.358 e. The van der Waals surface area contributed by atoms with Crippen molar-refractivity contribution < 1.29 is 14.3 Å². The number of aromatic nitrogens is 3. The van der Waals surface area contributed by atoms with E-state index in [4.69, 9.17) is 5.11 Å². The maximum atomic E-state index is 13.5. The molecule has 0 fully saturated rings. The number of hydrogen-bond acceptors (Lipinski definition) is 3. The lowest BCUT2D eigenvalue weighted by atomic mass is 9.75. The fourth-order valence-electron chi connectivity index (χ4n) is 2.83. The van der Waals surface area contributed by atoms with Crippen molar-refractivity contribution in [3.63, 3.8) is 0 Å². The molecule has 118 valence electrons. The van der Waals surface area contributed by atoms with E-state index in [0.29, 0.717) is 6.42 Å². The standard InChI is InChI=1S/C16H20FN3O2/c1-15(2,11-6-5-7-12(17)8-11)10-16(3,4)20-9-13(14(21)22)18-19-20/h5-9H,10H2,1-4H3,(H,21,22). The minimum Gasteiger partial charge on any atom is -0.476 e. The molecule has 0 spiro atoms. The van der Waals surface area contributed by atoms with Crippen molar-refractivity contribution in [2.24, 2.45) is 0 Å². The summed E-state index contributed by atoms with van der Waals surface area (Å²) >= 11 is 0. The molecule has 0 radical (unpaired) electrons. The lowest BCUT2D eigenvalue weighted by Gasteiger charge is -2.35. The third-order valence-corrected chi connectivity index (χ3v) is 3.81. The lowest BCUT2D eigenvalue weighted by molar-refractivity contribution is 0.0690. The molecule has 0 aliphatic heterocycles. The highest BCUT2D eigenvalue weighted by molar-refractivity contribution is 5.84. The lowest BCUT2D eigenvalue weighted by Crippen LogP contribution is -2.35. The van der Waals surface area contributed by atoms with Crippen LogP contribution in [0.3, 0.4) is 0 Å². The van der Waals surface area contributed by atoms with Gasteiger partial charge in [0, 0.05) is 0 Å². The highest BCUT2D eigenvalue weighted by Crippen LogP contribution is 2.35. The molecule has 0 saturated heterocycles. The van der Waals surface area contributed by atoms with Crippen molar-refractivity contribution >= 4 is 5.97 Å². The van der Waals surface area contributed by atoms with Crippen LogP contribution in [-0.4, -0.2) is 26.1 Å². The normalized spacial score (nSPS) is 12.4. The van der Waals surface area contributed by atoms with Crippen molar-refractivity contribution in [3.8, 4) is 0 Å². The second-order valence-electron chi connectivity index (χ2n) is 6.74. The SMILES string of the molecule is CC(C)(CC(C)(C)n1cc(C(=O)O)nn1)c1cccc(F)c1. The molecule has 0 bridgehead atoms. The highest BCUT2D eigenvalue weighted by Gasteiger charge is 2.33. The van der Waals surface area contributed by atoms with Gasteiger partial charge in [0.25, 0.3) is 0 Å². The minimum absolute atomic E-state index is 0.0864. The summed E-state index contributed by atoms with van der Waals surface area (Å²) in [5, 5.41) is 16.5. The molecule has 1 aromatic carbocycles. The summed E-state index contributed by atoms with van der Waals surface area (Å²) in [5.74, 6) is -1.37. The Kier molecular flexibility index (Phi) is 4.04. The van der Waals surface area contributed by atoms with Crippen LogP contribution in [0.1, 0.15) is 50.2 Å². The van der Waals surface area contributed by atoms with Crippen LogP contribution in [-0.2, 0) is 11.0 Å². The van der Waals surface area contributed by atoms with Gasteiger partial charge in [-0.3, -0.25) is 0 Å². The molecule has 0 aliphatic rings. The van der Waals surface area contributed by atoms with E-state index >= 15 is 0 Å². The van der Waals surface area contributed by atoms with Crippen molar-refractivity contribution in [2.75, 3.05) is 0 Å². The van der Waals surface area contributed by atoms with Gasteiger partial charge in [-0.1, -0.05) is 31.2 Å². The number of carboxylic acid groups (broad SMARTS) is 1. The number of benzene rings is 1. The number of rotatable bonds is 5. The van der Waals surface area contributed by atoms with Gasteiger partial charge in [0.1, 0.15) is 5.82 Å². The molecule has 22 heavy (non-hydrogen) atoms. The summed E-state index contributed by atoms with van der Waals surface area (Å²) in [6.45, 7) is 7.96. The molecule has 0 amide bonds. The molecule has 1 heterocycles. The van der Waals surface area contributed by atoms with Crippen LogP contribution in [0.5, 0.6) is 0 Å². The van der Waals surface area contributed by atoms with Crippen LogP contribution in [0.2, 0.25) is 0 Å². The Morgan fingerprint density at radius 2 is 2.00 bits per heavy atom. The van der Waals surface area contributed by atoms with Gasteiger partial charge in [0.2, 0.25) is 0 Å². The number of aromatic carboxylic acids is 1. The Balaban J connectivity index is 2.27. The summed E-state index contributed by atoms with van der Waals surface area (Å²) in [7, 11) is 0. The van der Waals surface area contributed by atoms with Crippen LogP contribution in [0, 0.1) is 5.82 Å². The van der Waals surface area contributed by atoms with E-state index in [1.54, 1.807) is 10.7 Å². The van der Waals surface area contributed by atoms with E-state index in [2.05, 4.69) is 10.3 Å². The predicted molar refractivity (Wildman–Crippen MR) is 80.3 cm³/mol. The first-order chi connectivity index (χ1) is 10.1. The molecule has 0 unspecified atom stereocenters. The number of carbonyl (C=O) groups is 1. The summed E-state index contributed by atoms with van der Waals surface area (Å²) in [5.41, 5.74) is 0.0352. The second-order valence-corrected chi connectivity index (χ2v) is 6.74. The minimum atomic E-state index is -1.11. The molecule has 2 rings (SSSR count). The molecule has 6 heteroatoms. The van der Waals surface area contributed by atoms with E-state index in [1.807, 2.05) is 33.8 Å². The first-order valence-electron chi connectivity index (χ1n) is 7.04. The molecular formula is C16H20FN3O2. The quantitative estimate of drug-likeness (QED) is 0.921. The molecule has 0 atom stereocenters. The van der Waals surface area contributed by atoms with E-state index < -0.39 is 11.5 Å². The molecule has 1 N–H and O–H groups in total. The zero-order valence-corrected chi connectivity index (χ0v) is 13.2. The third-order valence-electron chi connectivity index (χ3n) is 3.81. The van der Waals surface area contributed by atoms with Crippen molar-refractivity contribution in [1.29, 1.82) is 0 Å². The average Bonchev–Trinajstić information content (AvgIpc) is 2.88. The van der Waals surface area contributed by atoms with Crippen molar-refractivity contribution in [1.82, 2.24) is 15.0 Å². The summed E-state index contributed by atoms with van der Waals surface area (Å²) < 4.78 is 15.0. The van der Waals surface area contributed by atoms with Crippen LogP contribution in [0.4, 0.5) is 4.39 Å². The van der Waals surface area contributed by atoms with Crippen LogP contribution in [0.15, 0.2) is 30.5 Å². The Hall–Kier alpha value is -2.24. The largest absolute Gasteiger partial charge is 0.476 e. The van der Waals surface area contributed by atoms with Crippen molar-refractivity contribution in [3.05, 3.63) is 47.5 Å². The van der Waals surface area contributed by atoms with Crippen molar-refractivity contribution in [2.45, 2.75) is 45.1 Å². The number of halogens is 1. The Bertz CT molecular complexity index is 692. The smallest absolute Gasteiger partial charge is 0.358 e. The summed E-state index contributed by atoms with van der Waals surface area (Å²) in [4.78, 5) is 10.9. The Labute approximate surface area is 128 Å². The molecule has 1 aromatic heterocycles. The monoisotopic (exact) mass is 305 g/mol. The molecule has 0 saturated carbocycles. The van der Waals surface area contributed by atoms with E-state index in [1.165, 1.54) is 18.3 Å². The summed E-state index contributed by atoms with van der Waals surface area (Å²) in [6.07, 6.45) is 2.07. The molecule has 0 aliphatic carbocycles. The van der Waals surface area contributed by atoms with Gasteiger partial charge in [-0.05, 0) is 43.4 Å². The zero-order chi connectivity index (χ0) is 16.5. The third kappa shape index (κ3) is 3.32. The first kappa shape index (κ1) is 16.1. The van der Waals surface area contributed by atoms with Gasteiger partial charge < -0.3 is 5.11 Å². The van der Waals surface area contributed by atoms with Crippen LogP contribution in [0.25, 0.3) is 0 Å². The second kappa shape index (κ2) is 5.51. The van der Waals surface area contributed by atoms with Gasteiger partial charge in [-0.2, -0.15) is 0 Å². The predicted octanol–water partition coefficient (Wildman–Crippen LogP) is 3.22. The Morgan fingerprint density at radius 1 is 1.32 bits per heavy atom. The number of carboxylic acids is 1. The topological polar surface area (TPSA) is 68.0 Å². The maximum absolute atomic E-state index is 13.5. The van der Waals surface area contributed by atoms with Gasteiger partial charge in [0.05, 0.1) is 11.7 Å². The van der Waals surface area contributed by atoms with Gasteiger partial charge in [-0.15, -0.1) is 5.10 Å². The fourth-order valence-corrected chi connectivity index (χ4v) is 2.83. The number of hydrogen-bond donors (Lipinski definition) is 1. The summed E-state index contributed by atoms with van der Waals surface area (Å²) in [6, 6.07) is 6.53. The highest BCUT2D eigenvalue weighted by atomic mass is 19.1. The zero-order valence-electron chi connectivity index (χ0n) is 13.2. The molecular weight excluding hydrogens is 285 g/mol. The van der Waals surface area contributed by atoms with Crippen LogP contribution >= 0.6 is 0 Å². The molecule has 5 nitrogen and oxygen atoms in total. The van der Waals surface area contributed by atoms with E-state index in [0.717, 1.165) is 5.56 Å². The molecule has 2 aromatic rings. The Morgan fingerprint density at radius 3 is 2.55 bits per heavy atom. The van der Waals surface area contributed by atoms with Gasteiger partial charge >= 0.3 is 5.97 Å². The van der Waals surface area contributed by atoms with E-state index in [-0.39, 0.29) is 16.9 Å². The first-order valence-corrected chi connectivity index (χ1v) is 7.04. The van der Waals surface area contributed by atoms with E-state index in [9.17, 15) is 9.18 Å². The van der Waals surface area contributed by atoms with Gasteiger partial charge in [-0.25, -0.2) is 13.9 Å². The number of nitrogens with zero attached hydrogens (tertiary/aromatic N) is 3. The van der Waals surface area contributed by atoms with Crippen LogP contribution < -0.4 is 0 Å².